The highest BCUT2D eigenvalue weighted by Gasteiger charge is 2.22. The van der Waals surface area contributed by atoms with Gasteiger partial charge in [0.05, 0.1) is 0 Å². The Morgan fingerprint density at radius 1 is 1.23 bits per heavy atom. The van der Waals surface area contributed by atoms with Gasteiger partial charge in [0.1, 0.15) is 0 Å². The number of hydrogen-bond acceptors (Lipinski definition) is 2. The molecule has 22 heavy (non-hydrogen) atoms. The molecule has 0 heterocycles. The lowest BCUT2D eigenvalue weighted by Crippen LogP contribution is -2.43. The van der Waals surface area contributed by atoms with E-state index in [2.05, 4.69) is 5.32 Å². The Balaban J connectivity index is 1.92. The maximum absolute atomic E-state index is 13.7. The molecule has 0 unspecified atom stereocenters. The van der Waals surface area contributed by atoms with E-state index in [-0.39, 0.29) is 17.7 Å². The van der Waals surface area contributed by atoms with Crippen LogP contribution in [0.1, 0.15) is 58.3 Å². The van der Waals surface area contributed by atoms with Gasteiger partial charge in [0.15, 0.2) is 17.7 Å². The van der Waals surface area contributed by atoms with Gasteiger partial charge in [-0.15, -0.1) is 0 Å². The number of carbonyl (C=O) groups is 1. The molecular weight excluding hydrogens is 281 g/mol. The van der Waals surface area contributed by atoms with Gasteiger partial charge in [-0.05, 0) is 31.4 Å². The molecule has 1 saturated carbocycles. The number of benzene rings is 1. The molecule has 122 valence electrons. The van der Waals surface area contributed by atoms with Crippen LogP contribution in [0.4, 0.5) is 4.39 Å². The van der Waals surface area contributed by atoms with Gasteiger partial charge in [0.25, 0.3) is 5.91 Å². The Bertz CT molecular complexity index is 470. The predicted octanol–water partition coefficient (Wildman–Crippen LogP) is 4.21. The smallest absolute Gasteiger partial charge is 0.261 e. The third-order valence-electron chi connectivity index (χ3n) is 4.22. The Labute approximate surface area is 132 Å². The highest BCUT2D eigenvalue weighted by molar-refractivity contribution is 5.81. The minimum atomic E-state index is -0.637. The number of ether oxygens (including phenoxy) is 1. The number of halogens is 1. The van der Waals surface area contributed by atoms with Crippen LogP contribution in [0.3, 0.4) is 0 Å². The second-order valence-electron chi connectivity index (χ2n) is 6.00. The summed E-state index contributed by atoms with van der Waals surface area (Å²) in [4.78, 5) is 12.4. The number of rotatable bonds is 5. The lowest BCUT2D eigenvalue weighted by molar-refractivity contribution is -0.129. The monoisotopic (exact) mass is 307 g/mol. The standard InChI is InChI=1S/C18H26FNO2/c1-2-16(22-17-13-9-8-12-15(17)19)18(21)20-14-10-6-4-3-5-7-11-14/h8-9,12-14,16H,2-7,10-11H2,1H3,(H,20,21)/t16-/m1/s1. The van der Waals surface area contributed by atoms with E-state index in [1.54, 1.807) is 18.2 Å². The number of carbonyl (C=O) groups excluding carboxylic acids is 1. The van der Waals surface area contributed by atoms with Gasteiger partial charge >= 0.3 is 0 Å². The number of para-hydroxylation sites is 1. The maximum atomic E-state index is 13.7. The van der Waals surface area contributed by atoms with Crippen molar-refractivity contribution in [3.63, 3.8) is 0 Å². The highest BCUT2D eigenvalue weighted by Crippen LogP contribution is 2.20. The number of hydrogen-bond donors (Lipinski definition) is 1. The summed E-state index contributed by atoms with van der Waals surface area (Å²) in [7, 11) is 0. The maximum Gasteiger partial charge on any atom is 0.261 e. The van der Waals surface area contributed by atoms with Crippen molar-refractivity contribution in [3.05, 3.63) is 30.1 Å². The lowest BCUT2D eigenvalue weighted by atomic mass is 9.96. The van der Waals surface area contributed by atoms with E-state index in [0.717, 1.165) is 25.7 Å². The van der Waals surface area contributed by atoms with E-state index in [1.165, 1.54) is 25.3 Å². The topological polar surface area (TPSA) is 38.3 Å². The largest absolute Gasteiger partial charge is 0.478 e. The number of nitrogens with one attached hydrogen (secondary N) is 1. The van der Waals surface area contributed by atoms with Crippen molar-refractivity contribution >= 4 is 5.91 Å². The summed E-state index contributed by atoms with van der Waals surface area (Å²) in [5.41, 5.74) is 0. The van der Waals surface area contributed by atoms with Crippen LogP contribution >= 0.6 is 0 Å². The minimum absolute atomic E-state index is 0.128. The Hall–Kier alpha value is -1.58. The van der Waals surface area contributed by atoms with Crippen molar-refractivity contribution in [2.45, 2.75) is 70.4 Å². The van der Waals surface area contributed by atoms with Gasteiger partial charge in [-0.2, -0.15) is 0 Å². The summed E-state index contributed by atoms with van der Waals surface area (Å²) >= 11 is 0. The van der Waals surface area contributed by atoms with E-state index in [0.29, 0.717) is 6.42 Å². The van der Waals surface area contributed by atoms with Crippen LogP contribution in [0.25, 0.3) is 0 Å². The average Bonchev–Trinajstić information content (AvgIpc) is 2.49. The van der Waals surface area contributed by atoms with Crippen molar-refractivity contribution in [3.8, 4) is 5.75 Å². The molecule has 0 saturated heterocycles. The molecule has 1 amide bonds. The minimum Gasteiger partial charge on any atom is -0.478 e. The van der Waals surface area contributed by atoms with Crippen LogP contribution in [0, 0.1) is 5.82 Å². The van der Waals surface area contributed by atoms with Gasteiger partial charge in [-0.25, -0.2) is 4.39 Å². The van der Waals surface area contributed by atoms with Crippen molar-refractivity contribution in [1.82, 2.24) is 5.32 Å². The molecule has 2 rings (SSSR count). The SMILES string of the molecule is CC[C@@H](Oc1ccccc1F)C(=O)NC1CCCCCCC1. The van der Waals surface area contributed by atoms with Crippen LogP contribution in [0.2, 0.25) is 0 Å². The molecule has 4 heteroatoms. The molecule has 0 radical (unpaired) electrons. The molecule has 0 spiro atoms. The summed E-state index contributed by atoms with van der Waals surface area (Å²) in [6, 6.07) is 6.44. The molecule has 1 atom stereocenters. The summed E-state index contributed by atoms with van der Waals surface area (Å²) in [6.45, 7) is 1.88. The predicted molar refractivity (Wildman–Crippen MR) is 85.4 cm³/mol. The molecule has 0 aliphatic heterocycles. The molecule has 1 aliphatic carbocycles. The van der Waals surface area contributed by atoms with Gasteiger partial charge < -0.3 is 10.1 Å². The van der Waals surface area contributed by atoms with Gasteiger partial charge in [0, 0.05) is 6.04 Å². The quantitative estimate of drug-likeness (QED) is 0.885. The Morgan fingerprint density at radius 3 is 2.50 bits per heavy atom. The fourth-order valence-corrected chi connectivity index (χ4v) is 2.91. The summed E-state index contributed by atoms with van der Waals surface area (Å²) < 4.78 is 19.2. The average molecular weight is 307 g/mol. The van der Waals surface area contributed by atoms with Crippen molar-refractivity contribution < 1.29 is 13.9 Å². The molecule has 0 aromatic heterocycles. The summed E-state index contributed by atoms with van der Waals surface area (Å²) in [5, 5.41) is 3.09. The van der Waals surface area contributed by atoms with Crippen molar-refractivity contribution in [1.29, 1.82) is 0 Å². The zero-order chi connectivity index (χ0) is 15.8. The molecule has 0 bridgehead atoms. The summed E-state index contributed by atoms with van der Waals surface area (Å²) in [5.74, 6) is -0.418. The number of amides is 1. The molecular formula is C18H26FNO2. The van der Waals surface area contributed by atoms with Crippen LogP contribution in [-0.2, 0) is 4.79 Å². The zero-order valence-electron chi connectivity index (χ0n) is 13.3. The van der Waals surface area contributed by atoms with E-state index in [1.807, 2.05) is 6.92 Å². The molecule has 1 aromatic rings. The molecule has 1 aliphatic rings. The molecule has 3 nitrogen and oxygen atoms in total. The summed E-state index contributed by atoms with van der Waals surface area (Å²) in [6.07, 6.45) is 8.06. The van der Waals surface area contributed by atoms with E-state index >= 15 is 0 Å². The van der Waals surface area contributed by atoms with Crippen LogP contribution in [-0.4, -0.2) is 18.1 Å². The third-order valence-corrected chi connectivity index (χ3v) is 4.22. The fraction of sp³-hybridized carbons (Fsp3) is 0.611. The first-order valence-electron chi connectivity index (χ1n) is 8.42. The third kappa shape index (κ3) is 5.00. The molecule has 1 N–H and O–H groups in total. The Kier molecular flexibility index (Phi) is 6.69. The first-order chi connectivity index (χ1) is 10.7. The fourth-order valence-electron chi connectivity index (χ4n) is 2.91. The zero-order valence-corrected chi connectivity index (χ0v) is 13.3. The van der Waals surface area contributed by atoms with E-state index < -0.39 is 11.9 Å². The molecule has 1 aromatic carbocycles. The van der Waals surface area contributed by atoms with E-state index in [4.69, 9.17) is 4.74 Å². The van der Waals surface area contributed by atoms with Crippen LogP contribution in [0.15, 0.2) is 24.3 Å². The van der Waals surface area contributed by atoms with Crippen molar-refractivity contribution in [2.24, 2.45) is 0 Å². The van der Waals surface area contributed by atoms with Gasteiger partial charge in [-0.1, -0.05) is 51.2 Å². The van der Waals surface area contributed by atoms with Gasteiger partial charge in [-0.3, -0.25) is 4.79 Å². The normalized spacial score (nSPS) is 18.1. The molecule has 1 fully saturated rings. The Morgan fingerprint density at radius 2 is 1.86 bits per heavy atom. The highest BCUT2D eigenvalue weighted by atomic mass is 19.1. The first kappa shape index (κ1) is 16.8. The second kappa shape index (κ2) is 8.76. The van der Waals surface area contributed by atoms with Gasteiger partial charge in [0.2, 0.25) is 0 Å². The second-order valence-corrected chi connectivity index (χ2v) is 6.00. The van der Waals surface area contributed by atoms with Crippen molar-refractivity contribution in [2.75, 3.05) is 0 Å². The first-order valence-corrected chi connectivity index (χ1v) is 8.42. The lowest BCUT2D eigenvalue weighted by Gasteiger charge is -2.24. The van der Waals surface area contributed by atoms with Crippen LogP contribution < -0.4 is 10.1 Å². The van der Waals surface area contributed by atoms with Crippen LogP contribution in [0.5, 0.6) is 5.75 Å². The van der Waals surface area contributed by atoms with E-state index in [9.17, 15) is 9.18 Å².